The van der Waals surface area contributed by atoms with Crippen LogP contribution in [0.2, 0.25) is 0 Å². The highest BCUT2D eigenvalue weighted by Gasteiger charge is 2.20. The lowest BCUT2D eigenvalue weighted by Crippen LogP contribution is -2.23. The van der Waals surface area contributed by atoms with Crippen molar-refractivity contribution in [3.8, 4) is 0 Å². The number of benzene rings is 2. The van der Waals surface area contributed by atoms with Crippen LogP contribution in [-0.2, 0) is 17.0 Å². The Labute approximate surface area is 156 Å². The minimum Gasteiger partial charge on any atom is -0.274 e. The molecule has 0 saturated heterocycles. The van der Waals surface area contributed by atoms with Crippen molar-refractivity contribution in [2.45, 2.75) is 30.9 Å². The fourth-order valence-electron chi connectivity index (χ4n) is 2.57. The van der Waals surface area contributed by atoms with Crippen molar-refractivity contribution >= 4 is 39.8 Å². The molecule has 0 saturated carbocycles. The zero-order chi connectivity index (χ0) is 17.6. The van der Waals surface area contributed by atoms with Crippen molar-refractivity contribution in [1.82, 2.24) is 4.98 Å². The summed E-state index contributed by atoms with van der Waals surface area (Å²) in [5.41, 5.74) is 3.07. The molecule has 5 heteroatoms. The number of aromatic nitrogens is 1. The smallest absolute Gasteiger partial charge is 0.230 e. The van der Waals surface area contributed by atoms with E-state index in [-0.39, 0.29) is 5.91 Å². The first kappa shape index (κ1) is 17.7. The molecule has 1 aromatic heterocycles. The topological polar surface area (TPSA) is 33.2 Å². The number of thiazole rings is 1. The number of hydrogen-bond acceptors (Lipinski definition) is 4. The largest absolute Gasteiger partial charge is 0.274 e. The number of carbonyl (C=O) groups excluding carboxylic acids is 1. The summed E-state index contributed by atoms with van der Waals surface area (Å²) in [6.45, 7) is 3.69. The zero-order valence-electron chi connectivity index (χ0n) is 14.3. The first-order chi connectivity index (χ1) is 12.2. The van der Waals surface area contributed by atoms with Crippen molar-refractivity contribution in [2.24, 2.45) is 0 Å². The van der Waals surface area contributed by atoms with E-state index in [1.54, 1.807) is 23.6 Å². The molecule has 0 aliphatic carbocycles. The monoisotopic (exact) mass is 368 g/mol. The highest BCUT2D eigenvalue weighted by atomic mass is 32.2. The molecule has 0 unspecified atom stereocenters. The van der Waals surface area contributed by atoms with Gasteiger partial charge in [-0.25, -0.2) is 4.98 Å². The Morgan fingerprint density at radius 1 is 1.12 bits per heavy atom. The molecule has 0 fully saturated rings. The van der Waals surface area contributed by atoms with E-state index in [1.165, 1.54) is 16.2 Å². The second-order valence-corrected chi connectivity index (χ2v) is 7.45. The van der Waals surface area contributed by atoms with Crippen molar-refractivity contribution in [2.75, 3.05) is 4.90 Å². The lowest BCUT2D eigenvalue weighted by Gasteiger charge is -2.20. The average molecular weight is 369 g/mol. The first-order valence-electron chi connectivity index (χ1n) is 8.20. The fraction of sp³-hybridized carbons (Fsp3) is 0.200. The maximum absolute atomic E-state index is 12.3. The van der Waals surface area contributed by atoms with Gasteiger partial charge in [-0.15, -0.1) is 23.1 Å². The molecule has 1 heterocycles. The maximum Gasteiger partial charge on any atom is 0.230 e. The third-order valence-corrected chi connectivity index (χ3v) is 5.71. The molecular weight excluding hydrogens is 348 g/mol. The van der Waals surface area contributed by atoms with Gasteiger partial charge in [0.25, 0.3) is 0 Å². The summed E-state index contributed by atoms with van der Waals surface area (Å²) in [5, 5.41) is 2.77. The first-order valence-corrected chi connectivity index (χ1v) is 10.1. The predicted octanol–water partition coefficient (Wildman–Crippen LogP) is 5.68. The molecule has 0 radical (unpaired) electrons. The molecule has 3 rings (SSSR count). The summed E-state index contributed by atoms with van der Waals surface area (Å²) in [5.74, 6) is 0.777. The van der Waals surface area contributed by atoms with Crippen LogP contribution < -0.4 is 4.90 Å². The Bertz CT molecular complexity index is 846. The van der Waals surface area contributed by atoms with Crippen LogP contribution >= 0.6 is 23.1 Å². The van der Waals surface area contributed by atoms with Gasteiger partial charge in [0.15, 0.2) is 5.13 Å². The Kier molecular flexibility index (Phi) is 5.89. The summed E-state index contributed by atoms with van der Waals surface area (Å²) in [4.78, 5) is 19.9. The van der Waals surface area contributed by atoms with E-state index >= 15 is 0 Å². The van der Waals surface area contributed by atoms with Gasteiger partial charge in [-0.2, -0.15) is 0 Å². The Balaban J connectivity index is 1.81. The van der Waals surface area contributed by atoms with Crippen LogP contribution in [-0.4, -0.2) is 10.9 Å². The highest BCUT2D eigenvalue weighted by Crippen LogP contribution is 2.33. The van der Waals surface area contributed by atoms with Crippen LogP contribution in [0.15, 0.2) is 64.9 Å². The predicted molar refractivity (Wildman–Crippen MR) is 107 cm³/mol. The van der Waals surface area contributed by atoms with Crippen molar-refractivity contribution in [3.63, 3.8) is 0 Å². The summed E-state index contributed by atoms with van der Waals surface area (Å²) in [6, 6.07) is 18.3. The zero-order valence-corrected chi connectivity index (χ0v) is 15.9. The molecule has 0 bridgehead atoms. The molecule has 0 aliphatic heterocycles. The van der Waals surface area contributed by atoms with Crippen molar-refractivity contribution in [1.29, 1.82) is 0 Å². The molecular formula is C20H20N2OS2. The lowest BCUT2D eigenvalue weighted by atomic mass is 10.1. The van der Waals surface area contributed by atoms with E-state index < -0.39 is 0 Å². The Hall–Kier alpha value is -2.11. The molecule has 3 aromatic rings. The third kappa shape index (κ3) is 4.30. The number of thioether (sulfide) groups is 1. The number of carbonyl (C=O) groups is 1. The second-order valence-electron chi connectivity index (χ2n) is 5.56. The van der Waals surface area contributed by atoms with Gasteiger partial charge in [-0.1, -0.05) is 43.3 Å². The maximum atomic E-state index is 12.3. The van der Waals surface area contributed by atoms with Gasteiger partial charge in [0.05, 0.1) is 11.4 Å². The standard InChI is InChI=1S/C20H20N2OS2/c1-3-16-9-7-8-12-19(16)22(15(2)23)20-21-17(14-25-20)13-24-18-10-5-4-6-11-18/h4-12,14H,3,13H2,1-2H3. The van der Waals surface area contributed by atoms with Gasteiger partial charge in [-0.05, 0) is 30.2 Å². The van der Waals surface area contributed by atoms with Crippen LogP contribution in [0.5, 0.6) is 0 Å². The molecule has 25 heavy (non-hydrogen) atoms. The number of nitrogens with zero attached hydrogens (tertiary/aromatic N) is 2. The van der Waals surface area contributed by atoms with E-state index in [0.29, 0.717) is 0 Å². The molecule has 0 N–H and O–H groups in total. The molecule has 0 spiro atoms. The molecule has 3 nitrogen and oxygen atoms in total. The van der Waals surface area contributed by atoms with Gasteiger partial charge < -0.3 is 0 Å². The molecule has 0 atom stereocenters. The van der Waals surface area contributed by atoms with E-state index in [9.17, 15) is 4.79 Å². The minimum atomic E-state index is -0.0162. The molecule has 1 amide bonds. The van der Waals surface area contributed by atoms with Crippen LogP contribution in [0.4, 0.5) is 10.8 Å². The summed E-state index contributed by atoms with van der Waals surface area (Å²) >= 11 is 3.27. The summed E-state index contributed by atoms with van der Waals surface area (Å²) < 4.78 is 0. The normalized spacial score (nSPS) is 10.6. The second kappa shape index (κ2) is 8.32. The van der Waals surface area contributed by atoms with E-state index in [0.717, 1.165) is 34.2 Å². The summed E-state index contributed by atoms with van der Waals surface area (Å²) in [6.07, 6.45) is 0.877. The van der Waals surface area contributed by atoms with Crippen LogP contribution in [0.3, 0.4) is 0 Å². The quantitative estimate of drug-likeness (QED) is 0.525. The van der Waals surface area contributed by atoms with Gasteiger partial charge in [0, 0.05) is 23.0 Å². The molecule has 128 valence electrons. The van der Waals surface area contributed by atoms with Crippen LogP contribution in [0.25, 0.3) is 0 Å². The van der Waals surface area contributed by atoms with Crippen molar-refractivity contribution in [3.05, 3.63) is 71.2 Å². The number of hydrogen-bond donors (Lipinski definition) is 0. The molecule has 2 aromatic carbocycles. The number of rotatable bonds is 6. The number of aryl methyl sites for hydroxylation is 1. The third-order valence-electron chi connectivity index (χ3n) is 3.79. The van der Waals surface area contributed by atoms with Gasteiger partial charge in [0.1, 0.15) is 0 Å². The average Bonchev–Trinajstić information content (AvgIpc) is 3.09. The van der Waals surface area contributed by atoms with Gasteiger partial charge in [-0.3, -0.25) is 9.69 Å². The number of anilines is 2. The minimum absolute atomic E-state index is 0.0162. The SMILES string of the molecule is CCc1ccccc1N(C(C)=O)c1nc(CSc2ccccc2)cs1. The fourth-order valence-corrected chi connectivity index (χ4v) is 4.37. The van der Waals surface area contributed by atoms with Crippen LogP contribution in [0, 0.1) is 0 Å². The highest BCUT2D eigenvalue weighted by molar-refractivity contribution is 7.98. The number of para-hydroxylation sites is 1. The number of amides is 1. The van der Waals surface area contributed by atoms with Crippen molar-refractivity contribution < 1.29 is 4.79 Å². The summed E-state index contributed by atoms with van der Waals surface area (Å²) in [7, 11) is 0. The Morgan fingerprint density at radius 3 is 2.56 bits per heavy atom. The molecule has 0 aliphatic rings. The Morgan fingerprint density at radius 2 is 1.84 bits per heavy atom. The van der Waals surface area contributed by atoms with E-state index in [2.05, 4.69) is 25.1 Å². The van der Waals surface area contributed by atoms with E-state index in [1.807, 2.05) is 41.8 Å². The van der Waals surface area contributed by atoms with Gasteiger partial charge >= 0.3 is 0 Å². The van der Waals surface area contributed by atoms with E-state index in [4.69, 9.17) is 4.98 Å². The van der Waals surface area contributed by atoms with Crippen LogP contribution in [0.1, 0.15) is 25.1 Å². The van der Waals surface area contributed by atoms with Gasteiger partial charge in [0.2, 0.25) is 5.91 Å². The lowest BCUT2D eigenvalue weighted by molar-refractivity contribution is -0.115.